The molecule has 0 aromatic carbocycles. The number of halogens is 3. The van der Waals surface area contributed by atoms with Gasteiger partial charge in [-0.05, 0) is 50.5 Å². The Morgan fingerprint density at radius 3 is 2.46 bits per heavy atom. The number of nitriles is 1. The molecular formula is C25H25F3N6O4S. The fourth-order valence-corrected chi connectivity index (χ4v) is 5.56. The number of alkyl halides is 3. The van der Waals surface area contributed by atoms with E-state index in [9.17, 15) is 31.6 Å². The van der Waals surface area contributed by atoms with Crippen molar-refractivity contribution < 1.29 is 30.6 Å². The van der Waals surface area contributed by atoms with E-state index in [4.69, 9.17) is 4.98 Å². The third-order valence-electron chi connectivity index (χ3n) is 7.63. The van der Waals surface area contributed by atoms with E-state index in [1.807, 2.05) is 4.90 Å². The van der Waals surface area contributed by atoms with Crippen LogP contribution in [0.2, 0.25) is 0 Å². The normalized spacial score (nSPS) is 21.9. The standard InChI is InChI=1S/C25H25F3N6O4S/c26-25(27,28)39(36,37)38-21-10-18(12-30-32-21)19-9-17(11-29)23(31-22(19)15-3-4-15)33-7-8-34(24(35)16-5-6-16)20(13-33)14-1-2-14/h9-10,12,14-16,20H,1-8,13H2. The number of hydrogen-bond acceptors (Lipinski definition) is 9. The molecule has 2 aromatic heterocycles. The van der Waals surface area contributed by atoms with Gasteiger partial charge >= 0.3 is 15.6 Å². The molecule has 10 nitrogen and oxygen atoms in total. The van der Waals surface area contributed by atoms with Gasteiger partial charge in [0.2, 0.25) is 5.91 Å². The molecule has 3 saturated carbocycles. The zero-order valence-corrected chi connectivity index (χ0v) is 21.6. The number of pyridine rings is 1. The molecule has 4 aliphatic rings. The van der Waals surface area contributed by atoms with Crippen LogP contribution >= 0.6 is 0 Å². The molecule has 0 radical (unpaired) electrons. The van der Waals surface area contributed by atoms with Crippen LogP contribution in [-0.2, 0) is 14.9 Å². The summed E-state index contributed by atoms with van der Waals surface area (Å²) in [6.07, 6.45) is 7.00. The van der Waals surface area contributed by atoms with Crippen molar-refractivity contribution in [2.24, 2.45) is 11.8 Å². The number of carbonyl (C=O) groups excluding carboxylic acids is 1. The second-order valence-electron chi connectivity index (χ2n) is 10.6. The molecule has 1 unspecified atom stereocenters. The molecule has 14 heteroatoms. The first kappa shape index (κ1) is 25.8. The molecule has 39 heavy (non-hydrogen) atoms. The fraction of sp³-hybridized carbons (Fsp3) is 0.560. The average molecular weight is 563 g/mol. The number of carbonyl (C=O) groups is 1. The Bertz CT molecular complexity index is 1470. The van der Waals surface area contributed by atoms with Gasteiger partial charge in [-0.1, -0.05) is 0 Å². The lowest BCUT2D eigenvalue weighted by molar-refractivity contribution is -0.135. The smallest absolute Gasteiger partial charge is 0.354 e. The van der Waals surface area contributed by atoms with Gasteiger partial charge in [-0.15, -0.1) is 5.10 Å². The summed E-state index contributed by atoms with van der Waals surface area (Å²) in [6.45, 7) is 1.68. The minimum Gasteiger partial charge on any atom is -0.354 e. The van der Waals surface area contributed by atoms with Gasteiger partial charge < -0.3 is 14.0 Å². The Hall–Kier alpha value is -3.47. The second kappa shape index (κ2) is 9.32. The van der Waals surface area contributed by atoms with Gasteiger partial charge in [0.25, 0.3) is 5.88 Å². The van der Waals surface area contributed by atoms with Crippen molar-refractivity contribution in [1.29, 1.82) is 5.26 Å². The van der Waals surface area contributed by atoms with Crippen molar-refractivity contribution in [3.63, 3.8) is 0 Å². The predicted molar refractivity (Wildman–Crippen MR) is 131 cm³/mol. The molecule has 1 aliphatic heterocycles. The number of anilines is 1. The second-order valence-corrected chi connectivity index (χ2v) is 12.1. The topological polar surface area (TPSA) is 129 Å². The molecule has 206 valence electrons. The zero-order valence-electron chi connectivity index (χ0n) is 20.8. The highest BCUT2D eigenvalue weighted by Gasteiger charge is 2.49. The molecule has 3 heterocycles. The fourth-order valence-electron chi connectivity index (χ4n) is 5.16. The van der Waals surface area contributed by atoms with E-state index in [0.717, 1.165) is 44.6 Å². The Morgan fingerprint density at radius 1 is 1.10 bits per heavy atom. The molecule has 0 N–H and O–H groups in total. The predicted octanol–water partition coefficient (Wildman–Crippen LogP) is 3.35. The summed E-state index contributed by atoms with van der Waals surface area (Å²) in [4.78, 5) is 21.9. The van der Waals surface area contributed by atoms with Gasteiger partial charge in [0.1, 0.15) is 11.9 Å². The summed E-state index contributed by atoms with van der Waals surface area (Å²) in [6, 6.07) is 4.92. The monoisotopic (exact) mass is 562 g/mol. The van der Waals surface area contributed by atoms with Crippen molar-refractivity contribution in [3.8, 4) is 23.1 Å². The van der Waals surface area contributed by atoms with Crippen molar-refractivity contribution in [1.82, 2.24) is 20.1 Å². The Kier molecular flexibility index (Phi) is 6.16. The first-order chi connectivity index (χ1) is 18.6. The van der Waals surface area contributed by atoms with E-state index in [1.165, 1.54) is 6.20 Å². The van der Waals surface area contributed by atoms with Crippen LogP contribution in [0.15, 0.2) is 18.3 Å². The molecule has 2 aromatic rings. The first-order valence-corrected chi connectivity index (χ1v) is 14.3. The Morgan fingerprint density at radius 2 is 1.85 bits per heavy atom. The van der Waals surface area contributed by atoms with Crippen molar-refractivity contribution >= 4 is 21.8 Å². The Balaban J connectivity index is 1.32. The summed E-state index contributed by atoms with van der Waals surface area (Å²) in [5.41, 5.74) is -3.99. The molecule has 0 spiro atoms. The van der Waals surface area contributed by atoms with Crippen LogP contribution in [0.3, 0.4) is 0 Å². The van der Waals surface area contributed by atoms with Crippen molar-refractivity contribution in [2.75, 3.05) is 24.5 Å². The maximum Gasteiger partial charge on any atom is 0.534 e. The van der Waals surface area contributed by atoms with E-state index in [0.29, 0.717) is 42.6 Å². The zero-order chi connectivity index (χ0) is 27.5. The first-order valence-electron chi connectivity index (χ1n) is 12.9. The van der Waals surface area contributed by atoms with Crippen LogP contribution in [-0.4, -0.2) is 65.6 Å². The number of aromatic nitrogens is 3. The summed E-state index contributed by atoms with van der Waals surface area (Å²) in [5, 5.41) is 17.0. The number of nitrogens with zero attached hydrogens (tertiary/aromatic N) is 6. The summed E-state index contributed by atoms with van der Waals surface area (Å²) in [7, 11) is -5.92. The summed E-state index contributed by atoms with van der Waals surface area (Å²) >= 11 is 0. The number of piperazine rings is 1. The number of rotatable bonds is 7. The van der Waals surface area contributed by atoms with Crippen LogP contribution in [0.25, 0.3) is 11.1 Å². The van der Waals surface area contributed by atoms with Crippen LogP contribution in [0.4, 0.5) is 19.0 Å². The highest BCUT2D eigenvalue weighted by Crippen LogP contribution is 2.46. The van der Waals surface area contributed by atoms with Crippen molar-refractivity contribution in [2.45, 2.75) is 56.0 Å². The van der Waals surface area contributed by atoms with E-state index >= 15 is 0 Å². The molecule has 1 amide bonds. The highest BCUT2D eigenvalue weighted by molar-refractivity contribution is 7.87. The third-order valence-corrected chi connectivity index (χ3v) is 8.59. The molecule has 4 fully saturated rings. The van der Waals surface area contributed by atoms with Crippen LogP contribution in [0.5, 0.6) is 5.88 Å². The maximum absolute atomic E-state index is 12.9. The van der Waals surface area contributed by atoms with Gasteiger partial charge in [0.05, 0.1) is 23.5 Å². The van der Waals surface area contributed by atoms with Crippen molar-refractivity contribution in [3.05, 3.63) is 29.6 Å². The third kappa shape index (κ3) is 5.11. The van der Waals surface area contributed by atoms with Gasteiger partial charge in [-0.2, -0.15) is 31.9 Å². The summed E-state index contributed by atoms with van der Waals surface area (Å²) in [5.74, 6) is 0.575. The lowest BCUT2D eigenvalue weighted by atomic mass is 10.00. The highest BCUT2D eigenvalue weighted by atomic mass is 32.2. The molecule has 1 atom stereocenters. The molecular weight excluding hydrogens is 537 g/mol. The number of hydrogen-bond donors (Lipinski definition) is 0. The van der Waals surface area contributed by atoms with Gasteiger partial charge in [0.15, 0.2) is 0 Å². The van der Waals surface area contributed by atoms with E-state index in [-0.39, 0.29) is 34.9 Å². The average Bonchev–Trinajstić information content (AvgIpc) is 3.77. The van der Waals surface area contributed by atoms with Gasteiger partial charge in [-0.3, -0.25) is 4.79 Å². The molecule has 3 aliphatic carbocycles. The minimum atomic E-state index is -5.92. The number of amides is 1. The minimum absolute atomic E-state index is 0.0731. The lowest BCUT2D eigenvalue weighted by Gasteiger charge is -2.43. The van der Waals surface area contributed by atoms with E-state index in [2.05, 4.69) is 25.3 Å². The van der Waals surface area contributed by atoms with Crippen LogP contribution in [0, 0.1) is 23.2 Å². The largest absolute Gasteiger partial charge is 0.534 e. The van der Waals surface area contributed by atoms with E-state index in [1.54, 1.807) is 6.07 Å². The maximum atomic E-state index is 12.9. The van der Waals surface area contributed by atoms with Gasteiger partial charge in [-0.25, -0.2) is 4.98 Å². The van der Waals surface area contributed by atoms with Crippen LogP contribution < -0.4 is 9.08 Å². The summed E-state index contributed by atoms with van der Waals surface area (Å²) < 4.78 is 65.5. The molecule has 6 rings (SSSR count). The SMILES string of the molecule is N#Cc1cc(-c2cnnc(OS(=O)(=O)C(F)(F)F)c2)c(C2CC2)nc1N1CCN(C(=O)C2CC2)C(C2CC2)C1. The van der Waals surface area contributed by atoms with Gasteiger partial charge in [0, 0.05) is 48.7 Å². The van der Waals surface area contributed by atoms with E-state index < -0.39 is 21.5 Å². The molecule has 1 saturated heterocycles. The Labute approximate surface area is 222 Å². The lowest BCUT2D eigenvalue weighted by Crippen LogP contribution is -2.57. The quantitative estimate of drug-likeness (QED) is 0.368. The van der Waals surface area contributed by atoms with Crippen LogP contribution in [0.1, 0.15) is 55.7 Å². The molecule has 0 bridgehead atoms.